The Labute approximate surface area is 107 Å². The third-order valence-electron chi connectivity index (χ3n) is 2.23. The highest BCUT2D eigenvalue weighted by atomic mass is 16.5. The van der Waals surface area contributed by atoms with Gasteiger partial charge in [0, 0.05) is 13.0 Å². The summed E-state index contributed by atoms with van der Waals surface area (Å²) in [5, 5.41) is 11.2. The topological polar surface area (TPSA) is 92.7 Å². The summed E-state index contributed by atoms with van der Waals surface area (Å²) < 4.78 is 4.71. The first-order chi connectivity index (χ1) is 8.26. The van der Waals surface area contributed by atoms with Crippen molar-refractivity contribution in [2.45, 2.75) is 40.0 Å². The van der Waals surface area contributed by atoms with Gasteiger partial charge < -0.3 is 15.2 Å². The van der Waals surface area contributed by atoms with Crippen LogP contribution in [0.4, 0.5) is 0 Å². The zero-order valence-electron chi connectivity index (χ0n) is 11.1. The van der Waals surface area contributed by atoms with E-state index >= 15 is 0 Å². The van der Waals surface area contributed by atoms with Crippen LogP contribution in [-0.4, -0.2) is 36.1 Å². The van der Waals surface area contributed by atoms with Gasteiger partial charge in [-0.05, 0) is 12.3 Å². The third-order valence-corrected chi connectivity index (χ3v) is 2.23. The van der Waals surface area contributed by atoms with Gasteiger partial charge in [0.05, 0.1) is 19.4 Å². The molecule has 0 saturated carbocycles. The molecule has 0 spiro atoms. The molecule has 0 aromatic rings. The van der Waals surface area contributed by atoms with E-state index in [1.165, 1.54) is 0 Å². The van der Waals surface area contributed by atoms with Crippen LogP contribution in [-0.2, 0) is 19.1 Å². The van der Waals surface area contributed by atoms with Gasteiger partial charge in [-0.3, -0.25) is 14.4 Å². The van der Waals surface area contributed by atoms with Crippen molar-refractivity contribution in [3.05, 3.63) is 0 Å². The van der Waals surface area contributed by atoms with E-state index in [0.29, 0.717) is 6.61 Å². The van der Waals surface area contributed by atoms with E-state index in [9.17, 15) is 14.4 Å². The van der Waals surface area contributed by atoms with Crippen molar-refractivity contribution in [1.82, 2.24) is 5.32 Å². The SMILES string of the molecule is CCOC(=O)CCNC(=O)CC(C)(C)CC(=O)O. The Morgan fingerprint density at radius 2 is 1.83 bits per heavy atom. The number of carbonyl (C=O) groups excluding carboxylic acids is 2. The molecule has 0 aliphatic heterocycles. The Bertz CT molecular complexity index is 312. The number of carboxylic acids is 1. The number of esters is 1. The number of hydrogen-bond acceptors (Lipinski definition) is 4. The largest absolute Gasteiger partial charge is 0.481 e. The molecule has 0 aromatic carbocycles. The molecule has 0 aliphatic carbocycles. The maximum atomic E-state index is 11.5. The lowest BCUT2D eigenvalue weighted by Crippen LogP contribution is -2.31. The van der Waals surface area contributed by atoms with Gasteiger partial charge in [-0.15, -0.1) is 0 Å². The number of ether oxygens (including phenoxy) is 1. The molecule has 0 rings (SSSR count). The first-order valence-electron chi connectivity index (χ1n) is 5.91. The van der Waals surface area contributed by atoms with E-state index in [0.717, 1.165) is 0 Å². The second-order valence-electron chi connectivity index (χ2n) is 4.82. The van der Waals surface area contributed by atoms with Crippen LogP contribution in [0.2, 0.25) is 0 Å². The van der Waals surface area contributed by atoms with Crippen LogP contribution >= 0.6 is 0 Å². The summed E-state index contributed by atoms with van der Waals surface area (Å²) in [7, 11) is 0. The maximum Gasteiger partial charge on any atom is 0.307 e. The van der Waals surface area contributed by atoms with E-state index in [1.54, 1.807) is 20.8 Å². The molecule has 0 bridgehead atoms. The highest BCUT2D eigenvalue weighted by Gasteiger charge is 2.25. The van der Waals surface area contributed by atoms with E-state index in [4.69, 9.17) is 9.84 Å². The first kappa shape index (κ1) is 16.4. The Balaban J connectivity index is 3.90. The molecule has 0 fully saturated rings. The predicted molar refractivity (Wildman–Crippen MR) is 64.9 cm³/mol. The average molecular weight is 259 g/mol. The van der Waals surface area contributed by atoms with Crippen molar-refractivity contribution >= 4 is 17.8 Å². The number of carbonyl (C=O) groups is 3. The standard InChI is InChI=1S/C12H21NO5/c1-4-18-11(17)5-6-13-9(14)7-12(2,3)8-10(15)16/h4-8H2,1-3H3,(H,13,14)(H,15,16). The quantitative estimate of drug-likeness (QED) is 0.633. The molecule has 0 unspecified atom stereocenters. The Hall–Kier alpha value is -1.59. The van der Waals surface area contributed by atoms with Gasteiger partial charge in [-0.1, -0.05) is 13.8 Å². The second kappa shape index (κ2) is 7.68. The molecule has 0 atom stereocenters. The summed E-state index contributed by atoms with van der Waals surface area (Å²) in [5.41, 5.74) is -0.597. The number of nitrogens with one attached hydrogen (secondary N) is 1. The normalized spacial score (nSPS) is 10.8. The van der Waals surface area contributed by atoms with Crippen molar-refractivity contribution in [3.8, 4) is 0 Å². The van der Waals surface area contributed by atoms with E-state index in [2.05, 4.69) is 5.32 Å². The highest BCUT2D eigenvalue weighted by molar-refractivity contribution is 5.78. The van der Waals surface area contributed by atoms with Crippen LogP contribution in [0.25, 0.3) is 0 Å². The summed E-state index contributed by atoms with van der Waals surface area (Å²) in [5.74, 6) is -1.55. The Morgan fingerprint density at radius 3 is 2.33 bits per heavy atom. The second-order valence-corrected chi connectivity index (χ2v) is 4.82. The molecule has 104 valence electrons. The molecule has 6 heteroatoms. The number of hydrogen-bond donors (Lipinski definition) is 2. The van der Waals surface area contributed by atoms with Crippen LogP contribution < -0.4 is 5.32 Å². The summed E-state index contributed by atoms with van der Waals surface area (Å²) in [6.07, 6.45) is 0.166. The molecule has 2 N–H and O–H groups in total. The fraction of sp³-hybridized carbons (Fsp3) is 0.750. The lowest BCUT2D eigenvalue weighted by molar-refractivity contribution is -0.143. The van der Waals surface area contributed by atoms with Crippen molar-refractivity contribution in [3.63, 3.8) is 0 Å². The molecule has 1 amide bonds. The van der Waals surface area contributed by atoms with Gasteiger partial charge in [0.25, 0.3) is 0 Å². The minimum atomic E-state index is -0.931. The lowest BCUT2D eigenvalue weighted by Gasteiger charge is -2.21. The fourth-order valence-corrected chi connectivity index (χ4v) is 1.51. The minimum Gasteiger partial charge on any atom is -0.481 e. The van der Waals surface area contributed by atoms with Gasteiger partial charge in [-0.25, -0.2) is 0 Å². The maximum absolute atomic E-state index is 11.5. The minimum absolute atomic E-state index is 0.0711. The zero-order chi connectivity index (χ0) is 14.2. The van der Waals surface area contributed by atoms with Gasteiger partial charge in [0.1, 0.15) is 0 Å². The smallest absolute Gasteiger partial charge is 0.307 e. The molecule has 0 radical (unpaired) electrons. The van der Waals surface area contributed by atoms with Crippen molar-refractivity contribution < 1.29 is 24.2 Å². The average Bonchev–Trinajstić information content (AvgIpc) is 2.14. The number of amides is 1. The third kappa shape index (κ3) is 8.55. The molecular weight excluding hydrogens is 238 g/mol. The molecular formula is C12H21NO5. The van der Waals surface area contributed by atoms with Crippen LogP contribution in [0.3, 0.4) is 0 Å². The Kier molecular flexibility index (Phi) is 7.00. The number of aliphatic carboxylic acids is 1. The van der Waals surface area contributed by atoms with E-state index in [1.807, 2.05) is 0 Å². The van der Waals surface area contributed by atoms with Crippen molar-refractivity contribution in [2.24, 2.45) is 5.41 Å². The molecule has 0 heterocycles. The van der Waals surface area contributed by atoms with Crippen LogP contribution in [0, 0.1) is 5.41 Å². The molecule has 18 heavy (non-hydrogen) atoms. The summed E-state index contributed by atoms with van der Waals surface area (Å²) in [4.78, 5) is 33.1. The predicted octanol–water partition coefficient (Wildman–Crippen LogP) is 0.947. The summed E-state index contributed by atoms with van der Waals surface area (Å²) in [6.45, 7) is 5.67. The van der Waals surface area contributed by atoms with Crippen LogP contribution in [0.1, 0.15) is 40.0 Å². The first-order valence-corrected chi connectivity index (χ1v) is 5.91. The zero-order valence-corrected chi connectivity index (χ0v) is 11.1. The summed E-state index contributed by atoms with van der Waals surface area (Å²) >= 11 is 0. The number of rotatable bonds is 8. The van der Waals surface area contributed by atoms with Crippen LogP contribution in [0.15, 0.2) is 0 Å². The molecule has 0 aliphatic rings. The molecule has 0 saturated heterocycles. The van der Waals surface area contributed by atoms with Gasteiger partial charge >= 0.3 is 11.9 Å². The van der Waals surface area contributed by atoms with E-state index < -0.39 is 11.4 Å². The molecule has 0 aromatic heterocycles. The van der Waals surface area contributed by atoms with Gasteiger partial charge in [0.2, 0.25) is 5.91 Å². The molecule has 6 nitrogen and oxygen atoms in total. The highest BCUT2D eigenvalue weighted by Crippen LogP contribution is 2.24. The monoisotopic (exact) mass is 259 g/mol. The Morgan fingerprint density at radius 1 is 1.22 bits per heavy atom. The van der Waals surface area contributed by atoms with Crippen LogP contribution in [0.5, 0.6) is 0 Å². The lowest BCUT2D eigenvalue weighted by atomic mass is 9.85. The van der Waals surface area contributed by atoms with Gasteiger partial charge in [-0.2, -0.15) is 0 Å². The summed E-state index contributed by atoms with van der Waals surface area (Å²) in [6, 6.07) is 0. The number of carboxylic acid groups (broad SMARTS) is 1. The van der Waals surface area contributed by atoms with E-state index in [-0.39, 0.29) is 37.7 Å². The van der Waals surface area contributed by atoms with Gasteiger partial charge in [0.15, 0.2) is 0 Å². The fourth-order valence-electron chi connectivity index (χ4n) is 1.51. The van der Waals surface area contributed by atoms with Crippen molar-refractivity contribution in [1.29, 1.82) is 0 Å². The van der Waals surface area contributed by atoms with Crippen molar-refractivity contribution in [2.75, 3.05) is 13.2 Å².